The van der Waals surface area contributed by atoms with Crippen LogP contribution in [0.25, 0.3) is 0 Å². The first kappa shape index (κ1) is 16.7. The minimum absolute atomic E-state index is 0.147. The molecule has 1 saturated heterocycles. The van der Waals surface area contributed by atoms with Crippen molar-refractivity contribution in [3.8, 4) is 0 Å². The van der Waals surface area contributed by atoms with Crippen molar-refractivity contribution in [1.82, 2.24) is 5.32 Å². The van der Waals surface area contributed by atoms with Gasteiger partial charge in [0.2, 0.25) is 5.91 Å². The highest BCUT2D eigenvalue weighted by Crippen LogP contribution is 2.38. The first-order chi connectivity index (χ1) is 10.5. The van der Waals surface area contributed by atoms with Gasteiger partial charge in [0.1, 0.15) is 12.5 Å². The molecule has 1 aromatic rings. The van der Waals surface area contributed by atoms with Gasteiger partial charge in [-0.15, -0.1) is 0 Å². The molecule has 1 fully saturated rings. The molecule has 1 heterocycles. The van der Waals surface area contributed by atoms with Crippen molar-refractivity contribution in [3.05, 3.63) is 46.6 Å². The fourth-order valence-electron chi connectivity index (χ4n) is 2.56. The Morgan fingerprint density at radius 1 is 1.41 bits per heavy atom. The Hall–Kier alpha value is -1.66. The molecule has 0 aliphatic carbocycles. The van der Waals surface area contributed by atoms with Crippen molar-refractivity contribution in [3.63, 3.8) is 0 Å². The van der Waals surface area contributed by atoms with E-state index >= 15 is 0 Å². The highest BCUT2D eigenvalue weighted by atomic mass is 79.9. The molecule has 0 spiro atoms. The molecule has 0 unspecified atom stereocenters. The summed E-state index contributed by atoms with van der Waals surface area (Å²) >= 11 is 3.48. The maximum absolute atomic E-state index is 12.4. The second kappa shape index (κ2) is 7.56. The number of nitrogens with one attached hydrogen (secondary N) is 1. The van der Waals surface area contributed by atoms with Crippen LogP contribution in [-0.2, 0) is 19.1 Å². The molecular formula is C16H18BrNO4. The Morgan fingerprint density at radius 3 is 2.82 bits per heavy atom. The van der Waals surface area contributed by atoms with E-state index in [1.165, 1.54) is 7.11 Å². The molecule has 1 amide bonds. The van der Waals surface area contributed by atoms with E-state index < -0.39 is 11.9 Å². The molecule has 118 valence electrons. The number of piperidine rings is 1. The summed E-state index contributed by atoms with van der Waals surface area (Å²) in [6, 6.07) is 7.55. The van der Waals surface area contributed by atoms with Crippen LogP contribution >= 0.6 is 15.9 Å². The van der Waals surface area contributed by atoms with Gasteiger partial charge >= 0.3 is 5.97 Å². The van der Waals surface area contributed by atoms with Gasteiger partial charge in [0.25, 0.3) is 0 Å². The van der Waals surface area contributed by atoms with Crippen molar-refractivity contribution in [2.45, 2.75) is 12.3 Å². The number of amides is 1. The smallest absolute Gasteiger partial charge is 0.315 e. The molecule has 0 aromatic heterocycles. The van der Waals surface area contributed by atoms with Crippen LogP contribution in [0, 0.1) is 5.92 Å². The second-order valence-electron chi connectivity index (χ2n) is 5.04. The maximum atomic E-state index is 12.4. The van der Waals surface area contributed by atoms with Gasteiger partial charge in [-0.2, -0.15) is 0 Å². The lowest BCUT2D eigenvalue weighted by Gasteiger charge is -2.32. The summed E-state index contributed by atoms with van der Waals surface area (Å²) in [5.41, 5.74) is 1.27. The average molecular weight is 368 g/mol. The Bertz CT molecular complexity index is 587. The monoisotopic (exact) mass is 367 g/mol. The number of carbonyl (C=O) groups is 2. The maximum Gasteiger partial charge on any atom is 0.315 e. The SMILES string of the molecule is C=C1NC(=O)C[C@H](c2ccccc2Br)[C@H]1C(=O)OCCOC. The van der Waals surface area contributed by atoms with Crippen LogP contribution in [0.15, 0.2) is 41.0 Å². The zero-order valence-corrected chi connectivity index (χ0v) is 13.9. The van der Waals surface area contributed by atoms with E-state index in [-0.39, 0.29) is 24.9 Å². The molecule has 2 rings (SSSR count). The summed E-state index contributed by atoms with van der Waals surface area (Å²) in [7, 11) is 1.54. The molecule has 1 aromatic carbocycles. The molecule has 1 aliphatic rings. The minimum atomic E-state index is -0.603. The van der Waals surface area contributed by atoms with Gasteiger partial charge in [-0.25, -0.2) is 0 Å². The van der Waals surface area contributed by atoms with Crippen LogP contribution in [0.4, 0.5) is 0 Å². The lowest BCUT2D eigenvalue weighted by Crippen LogP contribution is -2.41. The van der Waals surface area contributed by atoms with Crippen molar-refractivity contribution in [1.29, 1.82) is 0 Å². The van der Waals surface area contributed by atoms with Gasteiger partial charge in [0.05, 0.1) is 6.61 Å². The summed E-state index contributed by atoms with van der Waals surface area (Å²) in [6.07, 6.45) is 0.214. The summed E-state index contributed by atoms with van der Waals surface area (Å²) < 4.78 is 11.0. The Morgan fingerprint density at radius 2 is 2.14 bits per heavy atom. The zero-order chi connectivity index (χ0) is 16.1. The fraction of sp³-hybridized carbons (Fsp3) is 0.375. The van der Waals surface area contributed by atoms with Gasteiger partial charge in [-0.3, -0.25) is 9.59 Å². The first-order valence-corrected chi connectivity index (χ1v) is 7.72. The number of carbonyl (C=O) groups excluding carboxylic acids is 2. The van der Waals surface area contributed by atoms with E-state index in [9.17, 15) is 9.59 Å². The Labute approximate surface area is 137 Å². The second-order valence-corrected chi connectivity index (χ2v) is 5.90. The molecule has 6 heteroatoms. The van der Waals surface area contributed by atoms with E-state index in [4.69, 9.17) is 9.47 Å². The quantitative estimate of drug-likeness (QED) is 0.640. The van der Waals surface area contributed by atoms with Crippen molar-refractivity contribution < 1.29 is 19.1 Å². The average Bonchev–Trinajstić information content (AvgIpc) is 2.47. The van der Waals surface area contributed by atoms with Gasteiger partial charge in [0, 0.05) is 29.6 Å². The van der Waals surface area contributed by atoms with Gasteiger partial charge in [-0.05, 0) is 11.6 Å². The van der Waals surface area contributed by atoms with Crippen LogP contribution in [-0.4, -0.2) is 32.2 Å². The summed E-state index contributed by atoms with van der Waals surface area (Å²) in [5.74, 6) is -1.45. The topological polar surface area (TPSA) is 64.6 Å². The third kappa shape index (κ3) is 3.75. The van der Waals surface area contributed by atoms with Gasteiger partial charge < -0.3 is 14.8 Å². The summed E-state index contributed by atoms with van der Waals surface area (Å²) in [5, 5.41) is 2.64. The van der Waals surface area contributed by atoms with E-state index in [0.29, 0.717) is 12.3 Å². The predicted molar refractivity (Wildman–Crippen MR) is 85.1 cm³/mol. The van der Waals surface area contributed by atoms with Crippen LogP contribution < -0.4 is 5.32 Å². The predicted octanol–water partition coefficient (Wildman–Crippen LogP) is 2.37. The van der Waals surface area contributed by atoms with Crippen molar-refractivity contribution in [2.24, 2.45) is 5.92 Å². The summed E-state index contributed by atoms with van der Waals surface area (Å²) in [4.78, 5) is 24.2. The lowest BCUT2D eigenvalue weighted by molar-refractivity contribution is -0.150. The largest absolute Gasteiger partial charge is 0.463 e. The van der Waals surface area contributed by atoms with Gasteiger partial charge in [0.15, 0.2) is 0 Å². The third-order valence-corrected chi connectivity index (χ3v) is 4.30. The number of esters is 1. The molecule has 0 radical (unpaired) electrons. The number of rotatable bonds is 5. The molecule has 0 saturated carbocycles. The van der Waals surface area contributed by atoms with Crippen molar-refractivity contribution in [2.75, 3.05) is 20.3 Å². The third-order valence-electron chi connectivity index (χ3n) is 3.57. The van der Waals surface area contributed by atoms with Gasteiger partial charge in [-0.1, -0.05) is 40.7 Å². The fourth-order valence-corrected chi connectivity index (χ4v) is 3.13. The molecule has 22 heavy (non-hydrogen) atoms. The molecule has 0 bridgehead atoms. The highest BCUT2D eigenvalue weighted by molar-refractivity contribution is 9.10. The normalized spacial score (nSPS) is 21.4. The van der Waals surface area contributed by atoms with E-state index in [2.05, 4.69) is 27.8 Å². The van der Waals surface area contributed by atoms with Crippen LogP contribution in [0.5, 0.6) is 0 Å². The molecule has 1 aliphatic heterocycles. The molecule has 5 nitrogen and oxygen atoms in total. The summed E-state index contributed by atoms with van der Waals surface area (Å²) in [6.45, 7) is 4.33. The van der Waals surface area contributed by atoms with Crippen LogP contribution in [0.1, 0.15) is 17.9 Å². The number of ether oxygens (including phenoxy) is 2. The van der Waals surface area contributed by atoms with Crippen LogP contribution in [0.3, 0.4) is 0 Å². The van der Waals surface area contributed by atoms with Crippen molar-refractivity contribution >= 4 is 27.8 Å². The molecular weight excluding hydrogens is 350 g/mol. The number of hydrogen-bond acceptors (Lipinski definition) is 4. The lowest BCUT2D eigenvalue weighted by atomic mass is 9.79. The Kier molecular flexibility index (Phi) is 5.74. The standard InChI is InChI=1S/C16H18BrNO4/c1-10-15(16(20)22-8-7-21-2)12(9-14(19)18-10)11-5-3-4-6-13(11)17/h3-6,12,15H,1,7-9H2,2H3,(H,18,19)/t12-,15+/m1/s1. The molecule has 1 N–H and O–H groups in total. The minimum Gasteiger partial charge on any atom is -0.463 e. The van der Waals surface area contributed by atoms with Crippen LogP contribution in [0.2, 0.25) is 0 Å². The number of hydrogen-bond donors (Lipinski definition) is 1. The number of halogens is 1. The zero-order valence-electron chi connectivity index (χ0n) is 12.3. The van der Waals surface area contributed by atoms with E-state index in [1.54, 1.807) is 0 Å². The molecule has 2 atom stereocenters. The number of benzene rings is 1. The van der Waals surface area contributed by atoms with E-state index in [1.807, 2.05) is 24.3 Å². The van der Waals surface area contributed by atoms with E-state index in [0.717, 1.165) is 10.0 Å². The first-order valence-electron chi connectivity index (χ1n) is 6.93. The Balaban J connectivity index is 2.26. The highest BCUT2D eigenvalue weighted by Gasteiger charge is 2.39. The number of methoxy groups -OCH3 is 1.